The minimum absolute atomic E-state index is 0.0511. The number of hydrogen-bond acceptors (Lipinski definition) is 3. The SMILES string of the molecule is Cc1cc(Cl)c(C(=O)NC(C)Cn2cccn2)cn1. The maximum Gasteiger partial charge on any atom is 0.254 e. The van der Waals surface area contributed by atoms with Crippen molar-refractivity contribution in [3.8, 4) is 0 Å². The zero-order valence-electron chi connectivity index (χ0n) is 10.8. The van der Waals surface area contributed by atoms with E-state index < -0.39 is 0 Å². The minimum Gasteiger partial charge on any atom is -0.348 e. The Balaban J connectivity index is 2.00. The molecule has 0 aliphatic rings. The molecule has 0 radical (unpaired) electrons. The van der Waals surface area contributed by atoms with Gasteiger partial charge >= 0.3 is 0 Å². The Kier molecular flexibility index (Phi) is 4.16. The van der Waals surface area contributed by atoms with Gasteiger partial charge in [-0.25, -0.2) is 0 Å². The summed E-state index contributed by atoms with van der Waals surface area (Å²) >= 11 is 6.03. The molecule has 0 aliphatic carbocycles. The van der Waals surface area contributed by atoms with Crippen molar-refractivity contribution in [2.24, 2.45) is 0 Å². The number of aromatic nitrogens is 3. The van der Waals surface area contributed by atoms with Crippen molar-refractivity contribution in [2.75, 3.05) is 0 Å². The van der Waals surface area contributed by atoms with Gasteiger partial charge in [-0.1, -0.05) is 11.6 Å². The van der Waals surface area contributed by atoms with Crippen LogP contribution in [-0.2, 0) is 6.54 Å². The molecule has 0 aromatic carbocycles. The lowest BCUT2D eigenvalue weighted by molar-refractivity contribution is 0.0936. The number of carbonyl (C=O) groups excluding carboxylic acids is 1. The molecule has 2 aromatic rings. The molecule has 1 unspecified atom stereocenters. The fourth-order valence-corrected chi connectivity index (χ4v) is 2.02. The first-order valence-electron chi connectivity index (χ1n) is 5.96. The van der Waals surface area contributed by atoms with Gasteiger partial charge in [-0.2, -0.15) is 5.10 Å². The summed E-state index contributed by atoms with van der Waals surface area (Å²) in [6.07, 6.45) is 5.05. The molecule has 0 saturated carbocycles. The average Bonchev–Trinajstić information content (AvgIpc) is 2.81. The van der Waals surface area contributed by atoms with Crippen LogP contribution in [0.15, 0.2) is 30.7 Å². The van der Waals surface area contributed by atoms with Crippen LogP contribution in [0.25, 0.3) is 0 Å². The Bertz CT molecular complexity index is 568. The van der Waals surface area contributed by atoms with E-state index in [0.717, 1.165) is 5.69 Å². The molecule has 19 heavy (non-hydrogen) atoms. The molecule has 6 heteroatoms. The van der Waals surface area contributed by atoms with E-state index in [1.54, 1.807) is 16.9 Å². The number of rotatable bonds is 4. The number of amides is 1. The van der Waals surface area contributed by atoms with E-state index in [0.29, 0.717) is 17.1 Å². The number of hydrogen-bond donors (Lipinski definition) is 1. The number of nitrogens with one attached hydrogen (secondary N) is 1. The smallest absolute Gasteiger partial charge is 0.254 e. The van der Waals surface area contributed by atoms with E-state index >= 15 is 0 Å². The van der Waals surface area contributed by atoms with Crippen LogP contribution in [0, 0.1) is 6.92 Å². The van der Waals surface area contributed by atoms with Crippen molar-refractivity contribution in [3.63, 3.8) is 0 Å². The van der Waals surface area contributed by atoms with Gasteiger partial charge in [0.05, 0.1) is 17.1 Å². The lowest BCUT2D eigenvalue weighted by atomic mass is 10.2. The Hall–Kier alpha value is -1.88. The minimum atomic E-state index is -0.225. The van der Waals surface area contributed by atoms with E-state index in [9.17, 15) is 4.79 Å². The molecule has 0 aliphatic heterocycles. The fourth-order valence-electron chi connectivity index (χ4n) is 1.73. The highest BCUT2D eigenvalue weighted by Crippen LogP contribution is 2.15. The summed E-state index contributed by atoms with van der Waals surface area (Å²) in [7, 11) is 0. The van der Waals surface area contributed by atoms with Crippen LogP contribution in [0.5, 0.6) is 0 Å². The van der Waals surface area contributed by atoms with Gasteiger partial charge in [0.2, 0.25) is 0 Å². The van der Waals surface area contributed by atoms with Crippen LogP contribution < -0.4 is 5.32 Å². The first kappa shape index (κ1) is 13.5. The number of nitrogens with zero attached hydrogens (tertiary/aromatic N) is 3. The van der Waals surface area contributed by atoms with E-state index in [4.69, 9.17) is 11.6 Å². The third-order valence-corrected chi connectivity index (χ3v) is 2.95. The van der Waals surface area contributed by atoms with Crippen LogP contribution in [0.3, 0.4) is 0 Å². The monoisotopic (exact) mass is 278 g/mol. The summed E-state index contributed by atoms with van der Waals surface area (Å²) in [5, 5.41) is 7.38. The van der Waals surface area contributed by atoms with Crippen LogP contribution in [0.2, 0.25) is 5.02 Å². The molecule has 2 heterocycles. The van der Waals surface area contributed by atoms with Crippen LogP contribution in [-0.4, -0.2) is 26.7 Å². The molecule has 2 aromatic heterocycles. The predicted molar refractivity (Wildman–Crippen MR) is 73.1 cm³/mol. The first-order chi connectivity index (χ1) is 9.06. The molecule has 5 nitrogen and oxygen atoms in total. The maximum absolute atomic E-state index is 12.1. The van der Waals surface area contributed by atoms with Gasteiger partial charge in [0.1, 0.15) is 0 Å². The lowest BCUT2D eigenvalue weighted by Crippen LogP contribution is -2.36. The molecule has 0 fully saturated rings. The molecule has 0 spiro atoms. The lowest BCUT2D eigenvalue weighted by Gasteiger charge is -2.14. The van der Waals surface area contributed by atoms with Gasteiger partial charge in [-0.15, -0.1) is 0 Å². The van der Waals surface area contributed by atoms with E-state index in [2.05, 4.69) is 15.4 Å². The molecule has 0 bridgehead atoms. The number of halogens is 1. The summed E-state index contributed by atoms with van der Waals surface area (Å²) in [4.78, 5) is 16.1. The van der Waals surface area contributed by atoms with E-state index in [1.807, 2.05) is 26.1 Å². The second-order valence-electron chi connectivity index (χ2n) is 4.41. The predicted octanol–water partition coefficient (Wildman–Crippen LogP) is 2.06. The van der Waals surface area contributed by atoms with Crippen molar-refractivity contribution in [2.45, 2.75) is 26.4 Å². The van der Waals surface area contributed by atoms with Gasteiger partial charge in [-0.3, -0.25) is 14.5 Å². The molecule has 1 N–H and O–H groups in total. The standard InChI is InChI=1S/C13H15ClN4O/c1-9-6-12(14)11(7-15-9)13(19)17-10(2)8-18-5-3-4-16-18/h3-7,10H,8H2,1-2H3,(H,17,19). The zero-order valence-corrected chi connectivity index (χ0v) is 11.6. The van der Waals surface area contributed by atoms with Gasteiger partial charge in [0, 0.05) is 30.3 Å². The molecule has 1 amide bonds. The maximum atomic E-state index is 12.1. The molecular weight excluding hydrogens is 264 g/mol. The summed E-state index contributed by atoms with van der Waals surface area (Å²) in [6, 6.07) is 3.47. The van der Waals surface area contributed by atoms with Crippen molar-refractivity contribution >= 4 is 17.5 Å². The van der Waals surface area contributed by atoms with E-state index in [1.165, 1.54) is 6.20 Å². The summed E-state index contributed by atoms with van der Waals surface area (Å²) in [5.74, 6) is -0.225. The third kappa shape index (κ3) is 3.54. The Morgan fingerprint density at radius 1 is 1.58 bits per heavy atom. The average molecular weight is 279 g/mol. The van der Waals surface area contributed by atoms with Gasteiger partial charge in [0.25, 0.3) is 5.91 Å². The van der Waals surface area contributed by atoms with Crippen LogP contribution in [0.1, 0.15) is 23.0 Å². The highest BCUT2D eigenvalue weighted by molar-refractivity contribution is 6.33. The van der Waals surface area contributed by atoms with Crippen LogP contribution >= 0.6 is 11.6 Å². The Morgan fingerprint density at radius 3 is 3.00 bits per heavy atom. The van der Waals surface area contributed by atoms with Gasteiger partial charge in [-0.05, 0) is 26.0 Å². The Labute approximate surface area is 116 Å². The van der Waals surface area contributed by atoms with Crippen molar-refractivity contribution in [1.82, 2.24) is 20.1 Å². The number of carbonyl (C=O) groups is 1. The Morgan fingerprint density at radius 2 is 2.37 bits per heavy atom. The molecule has 1 atom stereocenters. The zero-order chi connectivity index (χ0) is 13.8. The van der Waals surface area contributed by atoms with Crippen molar-refractivity contribution < 1.29 is 4.79 Å². The highest BCUT2D eigenvalue weighted by atomic mass is 35.5. The van der Waals surface area contributed by atoms with E-state index in [-0.39, 0.29) is 11.9 Å². The largest absolute Gasteiger partial charge is 0.348 e. The molecular formula is C13H15ClN4O. The first-order valence-corrected chi connectivity index (χ1v) is 6.34. The molecule has 2 rings (SSSR count). The van der Waals surface area contributed by atoms with Crippen LogP contribution in [0.4, 0.5) is 0 Å². The summed E-state index contributed by atoms with van der Waals surface area (Å²) < 4.78 is 1.76. The quantitative estimate of drug-likeness (QED) is 0.931. The normalized spacial score (nSPS) is 12.2. The van der Waals surface area contributed by atoms with Crippen molar-refractivity contribution in [3.05, 3.63) is 47.0 Å². The molecule has 0 saturated heterocycles. The summed E-state index contributed by atoms with van der Waals surface area (Å²) in [5.41, 5.74) is 1.17. The van der Waals surface area contributed by atoms with Gasteiger partial charge < -0.3 is 5.32 Å². The number of aryl methyl sites for hydroxylation is 1. The molecule has 100 valence electrons. The fraction of sp³-hybridized carbons (Fsp3) is 0.308. The second kappa shape index (κ2) is 5.84. The second-order valence-corrected chi connectivity index (χ2v) is 4.82. The van der Waals surface area contributed by atoms with Gasteiger partial charge in [0.15, 0.2) is 0 Å². The highest BCUT2D eigenvalue weighted by Gasteiger charge is 2.14. The topological polar surface area (TPSA) is 59.8 Å². The summed E-state index contributed by atoms with van der Waals surface area (Å²) in [6.45, 7) is 4.35. The van der Waals surface area contributed by atoms with Crippen molar-refractivity contribution in [1.29, 1.82) is 0 Å². The number of pyridine rings is 1. The third-order valence-electron chi connectivity index (χ3n) is 2.63.